The van der Waals surface area contributed by atoms with Gasteiger partial charge in [0.15, 0.2) is 11.9 Å². The standard InChI is InChI=1S/C8H7N3O/c1-6-7(5-12)8-9-3-2-4-11(8)10-6/h2-5H,1H3. The second-order valence-corrected chi connectivity index (χ2v) is 2.50. The molecule has 2 rings (SSSR count). The van der Waals surface area contributed by atoms with Crippen LogP contribution in [0, 0.1) is 6.92 Å². The minimum Gasteiger partial charge on any atom is -0.298 e. The molecule has 60 valence electrons. The third-order valence-electron chi connectivity index (χ3n) is 1.73. The van der Waals surface area contributed by atoms with E-state index < -0.39 is 0 Å². The number of carbonyl (C=O) groups excluding carboxylic acids is 1. The maximum Gasteiger partial charge on any atom is 0.165 e. The van der Waals surface area contributed by atoms with Gasteiger partial charge in [0.05, 0.1) is 11.3 Å². The number of hydrogen-bond donors (Lipinski definition) is 0. The first-order valence-electron chi connectivity index (χ1n) is 3.58. The van der Waals surface area contributed by atoms with Crippen molar-refractivity contribution in [2.24, 2.45) is 0 Å². The minimum absolute atomic E-state index is 0.565. The van der Waals surface area contributed by atoms with Gasteiger partial charge in [0.2, 0.25) is 0 Å². The summed E-state index contributed by atoms with van der Waals surface area (Å²) in [6.07, 6.45) is 4.19. The lowest BCUT2D eigenvalue weighted by Crippen LogP contribution is -1.88. The second kappa shape index (κ2) is 2.41. The Morgan fingerprint density at radius 1 is 1.58 bits per heavy atom. The molecule has 0 fully saturated rings. The van der Waals surface area contributed by atoms with Crippen LogP contribution < -0.4 is 0 Å². The van der Waals surface area contributed by atoms with Crippen LogP contribution in [0.2, 0.25) is 0 Å². The maximum atomic E-state index is 10.6. The van der Waals surface area contributed by atoms with E-state index in [0.29, 0.717) is 16.9 Å². The number of aryl methyl sites for hydroxylation is 1. The summed E-state index contributed by atoms with van der Waals surface area (Å²) in [6, 6.07) is 1.77. The largest absolute Gasteiger partial charge is 0.298 e. The molecular weight excluding hydrogens is 154 g/mol. The number of rotatable bonds is 1. The zero-order valence-corrected chi connectivity index (χ0v) is 6.56. The van der Waals surface area contributed by atoms with E-state index in [1.54, 1.807) is 29.9 Å². The Morgan fingerprint density at radius 2 is 2.42 bits per heavy atom. The van der Waals surface area contributed by atoms with E-state index in [2.05, 4.69) is 10.1 Å². The quantitative estimate of drug-likeness (QED) is 0.582. The van der Waals surface area contributed by atoms with E-state index in [9.17, 15) is 4.79 Å². The summed E-state index contributed by atoms with van der Waals surface area (Å²) in [5.74, 6) is 0. The summed E-state index contributed by atoms with van der Waals surface area (Å²) in [7, 11) is 0. The van der Waals surface area contributed by atoms with Crippen molar-refractivity contribution in [2.75, 3.05) is 0 Å². The van der Waals surface area contributed by atoms with Gasteiger partial charge >= 0.3 is 0 Å². The van der Waals surface area contributed by atoms with Crippen molar-refractivity contribution in [3.63, 3.8) is 0 Å². The van der Waals surface area contributed by atoms with Crippen molar-refractivity contribution in [2.45, 2.75) is 6.92 Å². The van der Waals surface area contributed by atoms with Crippen LogP contribution in [0.1, 0.15) is 16.1 Å². The second-order valence-electron chi connectivity index (χ2n) is 2.50. The molecule has 0 saturated heterocycles. The minimum atomic E-state index is 0.565. The molecule has 0 atom stereocenters. The fourth-order valence-corrected chi connectivity index (χ4v) is 1.15. The van der Waals surface area contributed by atoms with Gasteiger partial charge in [-0.3, -0.25) is 4.79 Å². The van der Waals surface area contributed by atoms with Crippen molar-refractivity contribution in [1.82, 2.24) is 14.6 Å². The zero-order chi connectivity index (χ0) is 8.55. The highest BCUT2D eigenvalue weighted by Gasteiger charge is 2.07. The molecular formula is C8H7N3O. The Labute approximate surface area is 68.8 Å². The summed E-state index contributed by atoms with van der Waals surface area (Å²) in [5, 5.41) is 4.11. The Hall–Kier alpha value is -1.71. The van der Waals surface area contributed by atoms with Crippen LogP contribution in [0.25, 0.3) is 5.65 Å². The monoisotopic (exact) mass is 161 g/mol. The molecule has 0 spiro atoms. The summed E-state index contributed by atoms with van der Waals surface area (Å²) < 4.78 is 1.60. The molecule has 0 unspecified atom stereocenters. The van der Waals surface area contributed by atoms with Crippen LogP contribution in [0.3, 0.4) is 0 Å². The van der Waals surface area contributed by atoms with E-state index in [4.69, 9.17) is 0 Å². The molecule has 0 aliphatic heterocycles. The van der Waals surface area contributed by atoms with Gasteiger partial charge in [0.1, 0.15) is 0 Å². The third kappa shape index (κ3) is 0.812. The van der Waals surface area contributed by atoms with Crippen molar-refractivity contribution in [3.8, 4) is 0 Å². The van der Waals surface area contributed by atoms with Gasteiger partial charge < -0.3 is 0 Å². The van der Waals surface area contributed by atoms with Crippen LogP contribution in [-0.2, 0) is 0 Å². The Balaban J connectivity index is 2.90. The number of fused-ring (bicyclic) bond motifs is 1. The van der Waals surface area contributed by atoms with Crippen LogP contribution >= 0.6 is 0 Å². The highest BCUT2D eigenvalue weighted by Crippen LogP contribution is 2.08. The van der Waals surface area contributed by atoms with Crippen molar-refractivity contribution in [1.29, 1.82) is 0 Å². The van der Waals surface area contributed by atoms with Gasteiger partial charge in [-0.1, -0.05) is 0 Å². The summed E-state index contributed by atoms with van der Waals surface area (Å²) in [5.41, 5.74) is 1.89. The van der Waals surface area contributed by atoms with E-state index in [1.807, 2.05) is 0 Å². The zero-order valence-electron chi connectivity index (χ0n) is 6.56. The van der Waals surface area contributed by atoms with Crippen LogP contribution in [-0.4, -0.2) is 20.9 Å². The molecule has 2 heterocycles. The van der Waals surface area contributed by atoms with Crippen molar-refractivity contribution < 1.29 is 4.79 Å². The molecule has 0 aromatic carbocycles. The number of aromatic nitrogens is 3. The summed E-state index contributed by atoms with van der Waals surface area (Å²) in [4.78, 5) is 14.7. The third-order valence-corrected chi connectivity index (χ3v) is 1.73. The Morgan fingerprint density at radius 3 is 3.17 bits per heavy atom. The molecule has 0 saturated carbocycles. The first-order chi connectivity index (χ1) is 5.83. The average Bonchev–Trinajstić information content (AvgIpc) is 2.40. The smallest absolute Gasteiger partial charge is 0.165 e. The molecule has 2 aromatic rings. The number of hydrogen-bond acceptors (Lipinski definition) is 3. The summed E-state index contributed by atoms with van der Waals surface area (Å²) in [6.45, 7) is 1.79. The molecule has 0 amide bonds. The fourth-order valence-electron chi connectivity index (χ4n) is 1.15. The fraction of sp³-hybridized carbons (Fsp3) is 0.125. The molecule has 0 aliphatic rings. The molecule has 4 heteroatoms. The number of nitrogens with zero attached hydrogens (tertiary/aromatic N) is 3. The predicted molar refractivity (Wildman–Crippen MR) is 43.1 cm³/mol. The molecule has 12 heavy (non-hydrogen) atoms. The first kappa shape index (κ1) is 6.97. The predicted octanol–water partition coefficient (Wildman–Crippen LogP) is 0.850. The topological polar surface area (TPSA) is 47.3 Å². The average molecular weight is 161 g/mol. The molecule has 0 aliphatic carbocycles. The highest BCUT2D eigenvalue weighted by molar-refractivity contribution is 5.85. The lowest BCUT2D eigenvalue weighted by atomic mass is 10.3. The molecule has 4 nitrogen and oxygen atoms in total. The molecule has 0 N–H and O–H groups in total. The van der Waals surface area contributed by atoms with Gasteiger partial charge in [-0.05, 0) is 13.0 Å². The SMILES string of the molecule is Cc1nn2cccnc2c1C=O. The normalized spacial score (nSPS) is 10.4. The van der Waals surface area contributed by atoms with E-state index in [0.717, 1.165) is 6.29 Å². The molecule has 0 bridgehead atoms. The van der Waals surface area contributed by atoms with Crippen molar-refractivity contribution in [3.05, 3.63) is 29.7 Å². The van der Waals surface area contributed by atoms with E-state index in [1.165, 1.54) is 0 Å². The van der Waals surface area contributed by atoms with Crippen LogP contribution in [0.15, 0.2) is 18.5 Å². The van der Waals surface area contributed by atoms with Crippen LogP contribution in [0.5, 0.6) is 0 Å². The van der Waals surface area contributed by atoms with Crippen LogP contribution in [0.4, 0.5) is 0 Å². The van der Waals surface area contributed by atoms with Crippen molar-refractivity contribution >= 4 is 11.9 Å². The van der Waals surface area contributed by atoms with Gasteiger partial charge in [0.25, 0.3) is 0 Å². The molecule has 0 radical (unpaired) electrons. The summed E-state index contributed by atoms with van der Waals surface area (Å²) >= 11 is 0. The lowest BCUT2D eigenvalue weighted by molar-refractivity contribution is 0.112. The molecule has 2 aromatic heterocycles. The number of carbonyl (C=O) groups is 1. The first-order valence-corrected chi connectivity index (χ1v) is 3.58. The Bertz CT molecular complexity index is 433. The van der Waals surface area contributed by atoms with E-state index in [-0.39, 0.29) is 0 Å². The van der Waals surface area contributed by atoms with Gasteiger partial charge in [-0.25, -0.2) is 9.50 Å². The van der Waals surface area contributed by atoms with E-state index >= 15 is 0 Å². The highest BCUT2D eigenvalue weighted by atomic mass is 16.1. The van der Waals surface area contributed by atoms with Gasteiger partial charge in [-0.2, -0.15) is 5.10 Å². The number of aldehydes is 1. The maximum absolute atomic E-state index is 10.6. The lowest BCUT2D eigenvalue weighted by Gasteiger charge is -1.88. The Kier molecular flexibility index (Phi) is 1.40. The van der Waals surface area contributed by atoms with Gasteiger partial charge in [0, 0.05) is 12.4 Å². The van der Waals surface area contributed by atoms with Gasteiger partial charge in [-0.15, -0.1) is 0 Å².